The number of nitrogens with zero attached hydrogens (tertiary/aromatic N) is 2. The molecular weight excluding hydrogens is 681 g/mol. The molecule has 0 saturated heterocycles. The van der Waals surface area contributed by atoms with E-state index in [0.29, 0.717) is 17.3 Å². The molecule has 1 aliphatic heterocycles. The summed E-state index contributed by atoms with van der Waals surface area (Å²) in [6, 6.07) is 55.1. The molecule has 4 nitrogen and oxygen atoms in total. The van der Waals surface area contributed by atoms with Crippen LogP contribution in [0.25, 0.3) is 76.3 Å². The summed E-state index contributed by atoms with van der Waals surface area (Å²) in [6.45, 7) is 4.55. The van der Waals surface area contributed by atoms with Gasteiger partial charge in [0.25, 0.3) is 0 Å². The highest BCUT2D eigenvalue weighted by Gasteiger charge is 2.39. The zero-order chi connectivity index (χ0) is 36.0. The van der Waals surface area contributed by atoms with Gasteiger partial charge in [0.1, 0.15) is 0 Å². The molecule has 0 amide bonds. The van der Waals surface area contributed by atoms with Crippen LogP contribution in [0.1, 0.15) is 25.0 Å². The molecule has 256 valence electrons. The number of thiophene rings is 1. The molecule has 2 aromatic heterocycles. The van der Waals surface area contributed by atoms with Crippen LogP contribution in [-0.2, 0) is 5.41 Å². The Balaban J connectivity index is 1.01. The lowest BCUT2D eigenvalue weighted by Gasteiger charge is -2.26. The molecule has 2 aliphatic rings. The first-order chi connectivity index (χ1) is 26.5. The van der Waals surface area contributed by atoms with Crippen LogP contribution in [0.3, 0.4) is 0 Å². The molecule has 3 heterocycles. The van der Waals surface area contributed by atoms with E-state index in [1.807, 2.05) is 41.7 Å². The molecule has 0 fully saturated rings. The van der Waals surface area contributed by atoms with Crippen molar-refractivity contribution >= 4 is 31.5 Å². The Morgan fingerprint density at radius 3 is 2.06 bits per heavy atom. The van der Waals surface area contributed by atoms with Crippen molar-refractivity contribution in [2.24, 2.45) is 0 Å². The number of fused-ring (bicyclic) bond motifs is 9. The van der Waals surface area contributed by atoms with E-state index in [1.165, 1.54) is 36.9 Å². The van der Waals surface area contributed by atoms with Crippen LogP contribution in [0.5, 0.6) is 23.0 Å². The quantitative estimate of drug-likeness (QED) is 0.182. The van der Waals surface area contributed by atoms with E-state index >= 15 is 0 Å². The monoisotopic (exact) mass is 712 g/mol. The Kier molecular flexibility index (Phi) is 6.73. The summed E-state index contributed by atoms with van der Waals surface area (Å²) >= 11 is 1.82. The van der Waals surface area contributed by atoms with Crippen LogP contribution in [-0.4, -0.2) is 9.97 Å². The second-order valence-electron chi connectivity index (χ2n) is 14.5. The van der Waals surface area contributed by atoms with Crippen molar-refractivity contribution in [2.75, 3.05) is 0 Å². The summed E-state index contributed by atoms with van der Waals surface area (Å²) in [6.07, 6.45) is 0. The standard InChI is InChI=1S/C49H32N2O2S/c1-49(2)37-19-8-6-17-36(37)45-38(49)24-25-42-47(45)53-41-20-11-18-33(46(41)52-42)30-14-10-15-32(26-30)48-50-39(29-12-4-3-5-13-29)28-40(51-48)31-22-23-35-34-16-7-9-21-43(34)54-44(35)27-31/h3-28H,1-2H3. The van der Waals surface area contributed by atoms with E-state index in [4.69, 9.17) is 19.4 Å². The highest BCUT2D eigenvalue weighted by atomic mass is 32.1. The first-order valence-electron chi connectivity index (χ1n) is 18.2. The molecular formula is C49H32N2O2S. The van der Waals surface area contributed by atoms with Gasteiger partial charge in [-0.05, 0) is 58.7 Å². The maximum atomic E-state index is 6.78. The van der Waals surface area contributed by atoms with Gasteiger partial charge in [0.15, 0.2) is 28.8 Å². The van der Waals surface area contributed by atoms with Gasteiger partial charge in [-0.1, -0.05) is 135 Å². The minimum absolute atomic E-state index is 0.127. The number of aromatic nitrogens is 2. The molecule has 0 atom stereocenters. The number of para-hydroxylation sites is 1. The first kappa shape index (κ1) is 31.0. The molecule has 54 heavy (non-hydrogen) atoms. The van der Waals surface area contributed by atoms with Gasteiger partial charge in [0, 0.05) is 53.4 Å². The van der Waals surface area contributed by atoms with Crippen LogP contribution in [0.15, 0.2) is 158 Å². The van der Waals surface area contributed by atoms with Gasteiger partial charge in [0.05, 0.1) is 11.4 Å². The van der Waals surface area contributed by atoms with Gasteiger partial charge in [-0.25, -0.2) is 9.97 Å². The molecule has 9 aromatic rings. The molecule has 5 heteroatoms. The van der Waals surface area contributed by atoms with Gasteiger partial charge in [-0.15, -0.1) is 11.3 Å². The van der Waals surface area contributed by atoms with E-state index in [9.17, 15) is 0 Å². The summed E-state index contributed by atoms with van der Waals surface area (Å²) < 4.78 is 16.1. The van der Waals surface area contributed by atoms with Gasteiger partial charge < -0.3 is 9.47 Å². The summed E-state index contributed by atoms with van der Waals surface area (Å²) in [5.41, 5.74) is 11.4. The summed E-state index contributed by atoms with van der Waals surface area (Å²) in [7, 11) is 0. The Morgan fingerprint density at radius 2 is 1.15 bits per heavy atom. The molecule has 0 radical (unpaired) electrons. The largest absolute Gasteiger partial charge is 0.449 e. The van der Waals surface area contributed by atoms with Crippen LogP contribution in [0.4, 0.5) is 0 Å². The summed E-state index contributed by atoms with van der Waals surface area (Å²) in [5, 5.41) is 2.55. The first-order valence-corrected chi connectivity index (χ1v) is 19.0. The van der Waals surface area contributed by atoms with Crippen LogP contribution in [0, 0.1) is 0 Å². The lowest BCUT2D eigenvalue weighted by Crippen LogP contribution is -2.15. The van der Waals surface area contributed by atoms with E-state index in [2.05, 4.69) is 141 Å². The Labute approximate surface area is 317 Å². The Hall–Kier alpha value is -6.56. The highest BCUT2D eigenvalue weighted by Crippen LogP contribution is 2.59. The van der Waals surface area contributed by atoms with Crippen molar-refractivity contribution in [3.8, 4) is 79.2 Å². The lowest BCUT2D eigenvalue weighted by atomic mass is 9.82. The fourth-order valence-electron chi connectivity index (χ4n) is 8.27. The molecule has 0 N–H and O–H groups in total. The number of benzene rings is 7. The summed E-state index contributed by atoms with van der Waals surface area (Å²) in [5.74, 6) is 3.55. The molecule has 0 bridgehead atoms. The van der Waals surface area contributed by atoms with Crippen LogP contribution in [0.2, 0.25) is 0 Å². The van der Waals surface area contributed by atoms with Crippen LogP contribution < -0.4 is 9.47 Å². The molecule has 7 aromatic carbocycles. The van der Waals surface area contributed by atoms with E-state index in [1.54, 1.807) is 0 Å². The lowest BCUT2D eigenvalue weighted by molar-refractivity contribution is 0.361. The van der Waals surface area contributed by atoms with Gasteiger partial charge in [0.2, 0.25) is 0 Å². The number of ether oxygens (including phenoxy) is 2. The van der Waals surface area contributed by atoms with Gasteiger partial charge >= 0.3 is 0 Å². The molecule has 0 unspecified atom stereocenters. The molecule has 11 rings (SSSR count). The van der Waals surface area contributed by atoms with Crippen molar-refractivity contribution in [1.29, 1.82) is 0 Å². The van der Waals surface area contributed by atoms with Gasteiger partial charge in [-0.3, -0.25) is 0 Å². The topological polar surface area (TPSA) is 44.2 Å². The smallest absolute Gasteiger partial charge is 0.178 e. The number of hydrogen-bond donors (Lipinski definition) is 0. The Morgan fingerprint density at radius 1 is 0.463 bits per heavy atom. The zero-order valence-corrected chi connectivity index (χ0v) is 30.4. The summed E-state index contributed by atoms with van der Waals surface area (Å²) in [4.78, 5) is 10.4. The van der Waals surface area contributed by atoms with Crippen molar-refractivity contribution in [3.63, 3.8) is 0 Å². The third-order valence-corrected chi connectivity index (χ3v) is 12.1. The minimum atomic E-state index is -0.127. The van der Waals surface area contributed by atoms with Crippen molar-refractivity contribution < 1.29 is 9.47 Å². The maximum Gasteiger partial charge on any atom is 0.178 e. The molecule has 0 saturated carbocycles. The maximum absolute atomic E-state index is 6.78. The third-order valence-electron chi connectivity index (χ3n) is 11.0. The van der Waals surface area contributed by atoms with E-state index < -0.39 is 0 Å². The van der Waals surface area contributed by atoms with Crippen molar-refractivity contribution in [2.45, 2.75) is 19.3 Å². The predicted octanol–water partition coefficient (Wildman–Crippen LogP) is 13.7. The van der Waals surface area contributed by atoms with E-state index in [0.717, 1.165) is 56.3 Å². The fourth-order valence-corrected chi connectivity index (χ4v) is 9.41. The third kappa shape index (κ3) is 4.75. The molecule has 0 spiro atoms. The Bertz CT molecular complexity index is 2980. The predicted molar refractivity (Wildman–Crippen MR) is 221 cm³/mol. The average Bonchev–Trinajstić information content (AvgIpc) is 3.71. The minimum Gasteiger partial charge on any atom is -0.449 e. The van der Waals surface area contributed by atoms with Crippen LogP contribution >= 0.6 is 11.3 Å². The second kappa shape index (κ2) is 11.7. The second-order valence-corrected chi connectivity index (χ2v) is 15.6. The normalized spacial score (nSPS) is 13.4. The number of hydrogen-bond acceptors (Lipinski definition) is 5. The van der Waals surface area contributed by atoms with Gasteiger partial charge in [-0.2, -0.15) is 0 Å². The molecule has 1 aliphatic carbocycles. The highest BCUT2D eigenvalue weighted by molar-refractivity contribution is 7.25. The average molecular weight is 713 g/mol. The zero-order valence-electron chi connectivity index (χ0n) is 29.6. The fraction of sp³-hybridized carbons (Fsp3) is 0.0612. The van der Waals surface area contributed by atoms with Crippen molar-refractivity contribution in [1.82, 2.24) is 9.97 Å². The number of rotatable bonds is 4. The van der Waals surface area contributed by atoms with E-state index in [-0.39, 0.29) is 5.41 Å². The SMILES string of the molecule is CC1(C)c2ccccc2-c2c1ccc1c2Oc2cccc(-c3cccc(-c4nc(-c5ccccc5)cc(-c5ccc6c(c5)sc5ccccc56)n4)c3)c2O1. The van der Waals surface area contributed by atoms with Crippen molar-refractivity contribution in [3.05, 3.63) is 169 Å².